The molecule has 0 N–H and O–H groups in total. The van der Waals surface area contributed by atoms with Gasteiger partial charge in [0.1, 0.15) is 0 Å². The van der Waals surface area contributed by atoms with Crippen molar-refractivity contribution < 1.29 is 0 Å². The predicted molar refractivity (Wildman–Crippen MR) is 104 cm³/mol. The van der Waals surface area contributed by atoms with E-state index in [9.17, 15) is 0 Å². The second-order valence-electron chi connectivity index (χ2n) is 7.34. The third kappa shape index (κ3) is 4.80. The molecule has 1 heteroatoms. The number of aromatic nitrogens is 1. The van der Waals surface area contributed by atoms with E-state index in [1.165, 1.54) is 67.2 Å². The van der Waals surface area contributed by atoms with Gasteiger partial charge in [-0.2, -0.15) is 0 Å². The van der Waals surface area contributed by atoms with Gasteiger partial charge in [0, 0.05) is 6.20 Å². The van der Waals surface area contributed by atoms with E-state index >= 15 is 0 Å². The van der Waals surface area contributed by atoms with E-state index < -0.39 is 0 Å². The second kappa shape index (κ2) is 8.28. The van der Waals surface area contributed by atoms with Gasteiger partial charge in [-0.15, -0.1) is 0 Å². The average Bonchev–Trinajstić information content (AvgIpc) is 2.61. The van der Waals surface area contributed by atoms with Gasteiger partial charge in [0.25, 0.3) is 0 Å². The largest absolute Gasteiger partial charge is 0.257 e. The van der Waals surface area contributed by atoms with E-state index in [2.05, 4.69) is 61.3 Å². The first-order valence-corrected chi connectivity index (χ1v) is 9.41. The third-order valence-corrected chi connectivity index (χ3v) is 5.21. The molecule has 1 fully saturated rings. The van der Waals surface area contributed by atoms with Gasteiger partial charge in [-0.25, -0.2) is 0 Å². The van der Waals surface area contributed by atoms with Gasteiger partial charge in [-0.3, -0.25) is 4.98 Å². The van der Waals surface area contributed by atoms with Gasteiger partial charge >= 0.3 is 0 Å². The fourth-order valence-electron chi connectivity index (χ4n) is 3.70. The number of hydrogen-bond donors (Lipinski definition) is 0. The van der Waals surface area contributed by atoms with E-state index in [0.29, 0.717) is 0 Å². The lowest BCUT2D eigenvalue weighted by Crippen LogP contribution is -2.07. The first kappa shape index (κ1) is 17.0. The van der Waals surface area contributed by atoms with Crippen molar-refractivity contribution in [3.8, 4) is 0 Å². The molecule has 1 nitrogen and oxygen atoms in total. The fraction of sp³-hybridized carbons (Fsp3) is 0.435. The molecular formula is C23H29N. The van der Waals surface area contributed by atoms with Crippen LogP contribution in [-0.2, 0) is 6.42 Å². The first-order chi connectivity index (χ1) is 11.7. The van der Waals surface area contributed by atoms with E-state index in [0.717, 1.165) is 11.6 Å². The highest BCUT2D eigenvalue weighted by Gasteiger charge is 2.13. The van der Waals surface area contributed by atoms with Crippen LogP contribution in [0, 0.1) is 19.8 Å². The highest BCUT2D eigenvalue weighted by Crippen LogP contribution is 2.28. The lowest BCUT2D eigenvalue weighted by Gasteiger charge is -2.21. The summed E-state index contributed by atoms with van der Waals surface area (Å²) in [7, 11) is 0. The highest BCUT2D eigenvalue weighted by molar-refractivity contribution is 5.70. The number of aryl methyl sites for hydroxylation is 3. The summed E-state index contributed by atoms with van der Waals surface area (Å²) in [4.78, 5) is 4.47. The minimum Gasteiger partial charge on any atom is -0.257 e. The Morgan fingerprint density at radius 2 is 1.75 bits per heavy atom. The van der Waals surface area contributed by atoms with Crippen molar-refractivity contribution in [2.45, 2.75) is 58.8 Å². The smallest absolute Gasteiger partial charge is 0.0630 e. The molecule has 126 valence electrons. The normalized spacial score (nSPS) is 15.9. The molecule has 1 aliphatic rings. The van der Waals surface area contributed by atoms with Crippen molar-refractivity contribution in [1.29, 1.82) is 0 Å². The molecule has 1 aromatic heterocycles. The van der Waals surface area contributed by atoms with Gasteiger partial charge in [0.15, 0.2) is 0 Å². The Bertz CT molecular complexity index is 676. The minimum atomic E-state index is 0.940. The molecule has 0 spiro atoms. The van der Waals surface area contributed by atoms with E-state index in [4.69, 9.17) is 0 Å². The zero-order chi connectivity index (χ0) is 16.8. The Hall–Kier alpha value is -1.89. The monoisotopic (exact) mass is 319 g/mol. The van der Waals surface area contributed by atoms with Gasteiger partial charge in [-0.1, -0.05) is 68.0 Å². The molecule has 1 aromatic carbocycles. The lowest BCUT2D eigenvalue weighted by molar-refractivity contribution is 0.339. The molecule has 0 atom stereocenters. The van der Waals surface area contributed by atoms with Crippen LogP contribution in [0.5, 0.6) is 0 Å². The molecule has 0 radical (unpaired) electrons. The fourth-order valence-corrected chi connectivity index (χ4v) is 3.70. The summed E-state index contributed by atoms with van der Waals surface area (Å²) >= 11 is 0. The highest BCUT2D eigenvalue weighted by atomic mass is 14.7. The molecule has 0 aliphatic heterocycles. The maximum atomic E-state index is 4.47. The summed E-state index contributed by atoms with van der Waals surface area (Å²) in [5, 5.41) is 0. The Balaban J connectivity index is 1.71. The Kier molecular flexibility index (Phi) is 5.85. The van der Waals surface area contributed by atoms with Crippen LogP contribution in [0.2, 0.25) is 0 Å². The van der Waals surface area contributed by atoms with Crippen molar-refractivity contribution in [1.82, 2.24) is 4.98 Å². The Labute approximate surface area is 146 Å². The molecule has 2 aromatic rings. The van der Waals surface area contributed by atoms with Crippen LogP contribution in [0.25, 0.3) is 12.2 Å². The third-order valence-electron chi connectivity index (χ3n) is 5.21. The molecule has 3 rings (SSSR count). The summed E-state index contributed by atoms with van der Waals surface area (Å²) in [5.74, 6) is 0.940. The van der Waals surface area contributed by atoms with Gasteiger partial charge < -0.3 is 0 Å². The number of rotatable bonds is 5. The number of pyridine rings is 1. The molecular weight excluding hydrogens is 290 g/mol. The van der Waals surface area contributed by atoms with Crippen LogP contribution in [0.4, 0.5) is 0 Å². The van der Waals surface area contributed by atoms with E-state index in [1.807, 2.05) is 6.20 Å². The van der Waals surface area contributed by atoms with Crippen molar-refractivity contribution in [2.24, 2.45) is 5.92 Å². The number of nitrogens with zero attached hydrogens (tertiary/aromatic N) is 1. The maximum absolute atomic E-state index is 4.47. The summed E-state index contributed by atoms with van der Waals surface area (Å²) in [6.45, 7) is 4.27. The van der Waals surface area contributed by atoms with Crippen LogP contribution >= 0.6 is 0 Å². The molecule has 1 saturated carbocycles. The topological polar surface area (TPSA) is 12.9 Å². The second-order valence-corrected chi connectivity index (χ2v) is 7.34. The predicted octanol–water partition coefficient (Wildman–Crippen LogP) is 6.38. The van der Waals surface area contributed by atoms with Crippen molar-refractivity contribution in [2.75, 3.05) is 0 Å². The van der Waals surface area contributed by atoms with Crippen LogP contribution in [0.1, 0.15) is 66.5 Å². The minimum absolute atomic E-state index is 0.940. The lowest BCUT2D eigenvalue weighted by atomic mass is 9.84. The van der Waals surface area contributed by atoms with Gasteiger partial charge in [-0.05, 0) is 61.4 Å². The Morgan fingerprint density at radius 1 is 0.958 bits per heavy atom. The van der Waals surface area contributed by atoms with Crippen molar-refractivity contribution >= 4 is 12.2 Å². The van der Waals surface area contributed by atoms with Crippen LogP contribution in [0.15, 0.2) is 36.5 Å². The molecule has 0 bridgehead atoms. The molecule has 0 amide bonds. The standard InChI is InChI=1S/C23H29N/c1-18-8-11-21(13-15-23-14-9-19(2)17-24-23)22(16-18)12-10-20-6-4-3-5-7-20/h8-9,11,13-17,20H,3-7,10,12H2,1-2H3/b15-13+. The average molecular weight is 319 g/mol. The van der Waals surface area contributed by atoms with E-state index in [1.54, 1.807) is 0 Å². The van der Waals surface area contributed by atoms with Crippen molar-refractivity contribution in [3.63, 3.8) is 0 Å². The SMILES string of the molecule is Cc1ccc(/C=C/c2ccc(C)cc2CCC2CCCCC2)nc1. The zero-order valence-electron chi connectivity index (χ0n) is 15.1. The molecule has 1 aliphatic carbocycles. The Morgan fingerprint density at radius 3 is 2.50 bits per heavy atom. The first-order valence-electron chi connectivity index (χ1n) is 9.41. The van der Waals surface area contributed by atoms with Gasteiger partial charge in [0.2, 0.25) is 0 Å². The molecule has 0 unspecified atom stereocenters. The summed E-state index contributed by atoms with van der Waals surface area (Å²) in [5.41, 5.74) is 6.43. The van der Waals surface area contributed by atoms with Crippen LogP contribution in [-0.4, -0.2) is 4.98 Å². The van der Waals surface area contributed by atoms with Crippen LogP contribution in [0.3, 0.4) is 0 Å². The van der Waals surface area contributed by atoms with Gasteiger partial charge in [0.05, 0.1) is 5.69 Å². The molecule has 0 saturated heterocycles. The number of benzene rings is 1. The van der Waals surface area contributed by atoms with E-state index in [-0.39, 0.29) is 0 Å². The summed E-state index contributed by atoms with van der Waals surface area (Å²) in [6.07, 6.45) is 16.0. The number of hydrogen-bond acceptors (Lipinski definition) is 1. The zero-order valence-corrected chi connectivity index (χ0v) is 15.1. The van der Waals surface area contributed by atoms with Crippen molar-refractivity contribution in [3.05, 3.63) is 64.5 Å². The summed E-state index contributed by atoms with van der Waals surface area (Å²) < 4.78 is 0. The summed E-state index contributed by atoms with van der Waals surface area (Å²) in [6, 6.07) is 11.0. The molecule has 1 heterocycles. The quantitative estimate of drug-likeness (QED) is 0.623. The maximum Gasteiger partial charge on any atom is 0.0630 e. The van der Waals surface area contributed by atoms with Crippen LogP contribution < -0.4 is 0 Å². The molecule has 24 heavy (non-hydrogen) atoms.